The first-order valence-corrected chi connectivity index (χ1v) is 7.29. The van der Waals surface area contributed by atoms with Crippen LogP contribution in [0.3, 0.4) is 0 Å². The van der Waals surface area contributed by atoms with Gasteiger partial charge in [0.15, 0.2) is 0 Å². The molecule has 1 amide bonds. The van der Waals surface area contributed by atoms with E-state index in [0.29, 0.717) is 14.6 Å². The fourth-order valence-corrected chi connectivity index (χ4v) is 3.33. The Morgan fingerprint density at radius 1 is 1.20 bits per heavy atom. The Hall–Kier alpha value is -1.40. The molecule has 0 unspecified atom stereocenters. The number of benzene rings is 2. The predicted molar refractivity (Wildman–Crippen MR) is 85.3 cm³/mol. The number of nitrogens with one attached hydrogen (secondary N) is 1. The van der Waals surface area contributed by atoms with Gasteiger partial charge in [-0.3, -0.25) is 4.79 Å². The molecule has 0 saturated carbocycles. The van der Waals surface area contributed by atoms with Crippen LogP contribution < -0.4 is 11.1 Å². The number of nitrogen functional groups attached to an aromatic ring is 1. The molecule has 2 aromatic rings. The topological polar surface area (TPSA) is 55.1 Å². The summed E-state index contributed by atoms with van der Waals surface area (Å²) < 4.78 is 15.1. The summed E-state index contributed by atoms with van der Waals surface area (Å²) in [5, 5.41) is 2.67. The fourth-order valence-electron chi connectivity index (χ4n) is 1.72. The van der Waals surface area contributed by atoms with Gasteiger partial charge in [0.05, 0.1) is 11.3 Å². The van der Waals surface area contributed by atoms with E-state index in [0.717, 1.165) is 11.6 Å². The second-order valence-electron chi connectivity index (χ2n) is 4.30. The van der Waals surface area contributed by atoms with E-state index in [1.54, 1.807) is 0 Å². The minimum atomic E-state index is -0.651. The van der Waals surface area contributed by atoms with Crippen LogP contribution in [0.5, 0.6) is 0 Å². The number of nitrogens with two attached hydrogens (primary N) is 1. The molecule has 104 valence electrons. The van der Waals surface area contributed by atoms with Crippen molar-refractivity contribution in [1.29, 1.82) is 0 Å². The van der Waals surface area contributed by atoms with E-state index in [2.05, 4.69) is 37.2 Å². The molecule has 2 aromatic carbocycles. The lowest BCUT2D eigenvalue weighted by atomic mass is 10.1. The van der Waals surface area contributed by atoms with Gasteiger partial charge >= 0.3 is 0 Å². The van der Waals surface area contributed by atoms with Crippen molar-refractivity contribution in [3.63, 3.8) is 0 Å². The van der Waals surface area contributed by atoms with Crippen LogP contribution in [-0.2, 0) is 0 Å². The van der Waals surface area contributed by atoms with Crippen LogP contribution in [0, 0.1) is 12.7 Å². The molecular formula is C14H11Br2FN2O. The number of hydrogen-bond donors (Lipinski definition) is 2. The van der Waals surface area contributed by atoms with Gasteiger partial charge in [-0.2, -0.15) is 0 Å². The number of carbonyl (C=O) groups is 1. The molecule has 0 heterocycles. The molecule has 0 aliphatic rings. The number of rotatable bonds is 2. The standard InChI is InChI=1S/C14H11Br2FN2O/c1-7-4-10(15)13(11(16)5-7)19-14(20)9-3-2-8(18)6-12(9)17/h2-6H,18H2,1H3,(H,19,20). The molecule has 3 N–H and O–H groups in total. The van der Waals surface area contributed by atoms with Crippen LogP contribution in [-0.4, -0.2) is 5.91 Å². The Bertz CT molecular complexity index is 666. The molecule has 0 radical (unpaired) electrons. The summed E-state index contributed by atoms with van der Waals surface area (Å²) in [5.41, 5.74) is 7.26. The Balaban J connectivity index is 2.33. The van der Waals surface area contributed by atoms with E-state index in [4.69, 9.17) is 5.73 Å². The van der Waals surface area contributed by atoms with Gasteiger partial charge in [0.1, 0.15) is 5.82 Å². The van der Waals surface area contributed by atoms with Crippen molar-refractivity contribution in [2.75, 3.05) is 11.1 Å². The van der Waals surface area contributed by atoms with Crippen LogP contribution in [0.4, 0.5) is 15.8 Å². The maximum absolute atomic E-state index is 13.7. The molecule has 2 rings (SSSR count). The predicted octanol–water partition coefficient (Wildman–Crippen LogP) is 4.49. The third-order valence-corrected chi connectivity index (χ3v) is 3.91. The van der Waals surface area contributed by atoms with E-state index >= 15 is 0 Å². The summed E-state index contributed by atoms with van der Waals surface area (Å²) >= 11 is 6.74. The number of amides is 1. The molecular weight excluding hydrogens is 391 g/mol. The second kappa shape index (κ2) is 5.93. The van der Waals surface area contributed by atoms with E-state index in [1.807, 2.05) is 19.1 Å². The quantitative estimate of drug-likeness (QED) is 0.728. The summed E-state index contributed by atoms with van der Waals surface area (Å²) in [6, 6.07) is 7.68. The normalized spacial score (nSPS) is 10.4. The Morgan fingerprint density at radius 2 is 1.80 bits per heavy atom. The first-order chi connectivity index (χ1) is 9.38. The van der Waals surface area contributed by atoms with Crippen molar-refractivity contribution in [2.45, 2.75) is 6.92 Å². The highest BCUT2D eigenvalue weighted by Gasteiger charge is 2.15. The zero-order valence-electron chi connectivity index (χ0n) is 10.5. The molecule has 0 saturated heterocycles. The first kappa shape index (κ1) is 15.0. The first-order valence-electron chi connectivity index (χ1n) is 5.70. The van der Waals surface area contributed by atoms with Gasteiger partial charge in [-0.1, -0.05) is 0 Å². The number of aryl methyl sites for hydroxylation is 1. The van der Waals surface area contributed by atoms with Crippen molar-refractivity contribution in [3.8, 4) is 0 Å². The largest absolute Gasteiger partial charge is 0.399 e. The van der Waals surface area contributed by atoms with Gasteiger partial charge in [0.2, 0.25) is 0 Å². The number of anilines is 2. The highest BCUT2D eigenvalue weighted by Crippen LogP contribution is 2.32. The lowest BCUT2D eigenvalue weighted by Crippen LogP contribution is -2.14. The zero-order chi connectivity index (χ0) is 14.9. The van der Waals surface area contributed by atoms with Crippen LogP contribution in [0.2, 0.25) is 0 Å². The van der Waals surface area contributed by atoms with Crippen molar-refractivity contribution in [2.24, 2.45) is 0 Å². The van der Waals surface area contributed by atoms with E-state index in [-0.39, 0.29) is 11.3 Å². The molecule has 0 bridgehead atoms. The van der Waals surface area contributed by atoms with E-state index in [1.165, 1.54) is 12.1 Å². The zero-order valence-corrected chi connectivity index (χ0v) is 13.7. The summed E-state index contributed by atoms with van der Waals surface area (Å²) in [4.78, 5) is 12.1. The van der Waals surface area contributed by atoms with E-state index < -0.39 is 11.7 Å². The average molecular weight is 402 g/mol. The minimum absolute atomic E-state index is 0.0569. The Kier molecular flexibility index (Phi) is 4.45. The van der Waals surface area contributed by atoms with Crippen molar-refractivity contribution in [3.05, 3.63) is 56.2 Å². The average Bonchev–Trinajstić information content (AvgIpc) is 2.33. The van der Waals surface area contributed by atoms with Gasteiger partial charge in [-0.05, 0) is 74.7 Å². The monoisotopic (exact) mass is 400 g/mol. The van der Waals surface area contributed by atoms with Crippen molar-refractivity contribution >= 4 is 49.1 Å². The Labute approximate surface area is 132 Å². The van der Waals surface area contributed by atoms with E-state index in [9.17, 15) is 9.18 Å². The number of hydrogen-bond acceptors (Lipinski definition) is 2. The lowest BCUT2D eigenvalue weighted by Gasteiger charge is -2.11. The molecule has 6 heteroatoms. The highest BCUT2D eigenvalue weighted by molar-refractivity contribution is 9.11. The maximum atomic E-state index is 13.7. The maximum Gasteiger partial charge on any atom is 0.258 e. The number of halogens is 3. The van der Waals surface area contributed by atoms with Crippen molar-refractivity contribution in [1.82, 2.24) is 0 Å². The third kappa shape index (κ3) is 3.19. The molecule has 20 heavy (non-hydrogen) atoms. The molecule has 0 atom stereocenters. The third-order valence-electron chi connectivity index (χ3n) is 2.66. The van der Waals surface area contributed by atoms with Crippen LogP contribution >= 0.6 is 31.9 Å². The SMILES string of the molecule is Cc1cc(Br)c(NC(=O)c2ccc(N)cc2F)c(Br)c1. The summed E-state index contributed by atoms with van der Waals surface area (Å²) in [7, 11) is 0. The van der Waals surface area contributed by atoms with Gasteiger partial charge in [0, 0.05) is 14.6 Å². The summed E-state index contributed by atoms with van der Waals surface area (Å²) in [5.74, 6) is -1.19. The van der Waals surface area contributed by atoms with Gasteiger partial charge < -0.3 is 11.1 Å². The lowest BCUT2D eigenvalue weighted by molar-refractivity contribution is 0.102. The molecule has 0 spiro atoms. The second-order valence-corrected chi connectivity index (χ2v) is 6.01. The molecule has 0 aliphatic carbocycles. The molecule has 0 aromatic heterocycles. The smallest absolute Gasteiger partial charge is 0.258 e. The number of carbonyl (C=O) groups excluding carboxylic acids is 1. The van der Waals surface area contributed by atoms with Gasteiger partial charge in [-0.15, -0.1) is 0 Å². The molecule has 0 fully saturated rings. The fraction of sp³-hybridized carbons (Fsp3) is 0.0714. The van der Waals surface area contributed by atoms with Crippen LogP contribution in [0.1, 0.15) is 15.9 Å². The summed E-state index contributed by atoms with van der Waals surface area (Å²) in [6.07, 6.45) is 0. The molecule has 3 nitrogen and oxygen atoms in total. The van der Waals surface area contributed by atoms with Crippen LogP contribution in [0.15, 0.2) is 39.3 Å². The summed E-state index contributed by atoms with van der Waals surface area (Å²) in [6.45, 7) is 1.93. The van der Waals surface area contributed by atoms with Gasteiger partial charge in [0.25, 0.3) is 5.91 Å². The minimum Gasteiger partial charge on any atom is -0.399 e. The Morgan fingerprint density at radius 3 is 2.35 bits per heavy atom. The van der Waals surface area contributed by atoms with Crippen LogP contribution in [0.25, 0.3) is 0 Å². The highest BCUT2D eigenvalue weighted by atomic mass is 79.9. The molecule has 0 aliphatic heterocycles. The van der Waals surface area contributed by atoms with Crippen molar-refractivity contribution < 1.29 is 9.18 Å². The van der Waals surface area contributed by atoms with Gasteiger partial charge in [-0.25, -0.2) is 4.39 Å².